The molecule has 1 fully saturated rings. The number of piperidine rings is 1. The van der Waals surface area contributed by atoms with Crippen molar-refractivity contribution >= 4 is 11.6 Å². The lowest BCUT2D eigenvalue weighted by atomic mass is 9.87. The van der Waals surface area contributed by atoms with Crippen LogP contribution in [-0.2, 0) is 4.79 Å². The van der Waals surface area contributed by atoms with Crippen LogP contribution in [0.4, 0.5) is 0 Å². The van der Waals surface area contributed by atoms with Gasteiger partial charge in [0.15, 0.2) is 5.78 Å². The number of unbranched alkanes of at least 4 members (excludes halogenated alkanes) is 1. The Morgan fingerprint density at radius 1 is 1.27 bits per heavy atom. The van der Waals surface area contributed by atoms with Gasteiger partial charge in [-0.15, -0.1) is 0 Å². The number of benzene rings is 1. The monoisotopic (exact) mass is 409 g/mol. The fourth-order valence-electron chi connectivity index (χ4n) is 4.28. The normalized spacial score (nSPS) is 20.4. The summed E-state index contributed by atoms with van der Waals surface area (Å²) < 4.78 is 5.83. The van der Waals surface area contributed by atoms with Crippen molar-refractivity contribution in [2.24, 2.45) is 5.92 Å². The van der Waals surface area contributed by atoms with Gasteiger partial charge < -0.3 is 15.0 Å². The lowest BCUT2D eigenvalue weighted by molar-refractivity contribution is -0.120. The lowest BCUT2D eigenvalue weighted by Gasteiger charge is -2.35. The Morgan fingerprint density at radius 2 is 2.00 bits per heavy atom. The topological polar surface area (TPSA) is 65.4 Å². The third-order valence-corrected chi connectivity index (χ3v) is 6.08. The molecule has 0 bridgehead atoms. The number of hydrogen-bond acceptors (Lipinski definition) is 4. The third kappa shape index (κ3) is 6.48. The number of ketones is 1. The second-order valence-electron chi connectivity index (χ2n) is 8.50. The summed E-state index contributed by atoms with van der Waals surface area (Å²) in [4.78, 5) is 14.9. The van der Waals surface area contributed by atoms with E-state index in [0.29, 0.717) is 24.8 Å². The van der Waals surface area contributed by atoms with Gasteiger partial charge in [-0.05, 0) is 49.8 Å². The van der Waals surface area contributed by atoms with E-state index in [4.69, 9.17) is 10.1 Å². The van der Waals surface area contributed by atoms with E-state index >= 15 is 0 Å². The number of rotatable bonds is 9. The minimum Gasteiger partial charge on any atom is -0.487 e. The minimum atomic E-state index is -0.194. The van der Waals surface area contributed by atoms with Gasteiger partial charge in [-0.25, -0.2) is 0 Å². The van der Waals surface area contributed by atoms with Gasteiger partial charge in [0.2, 0.25) is 0 Å². The third-order valence-electron chi connectivity index (χ3n) is 6.08. The lowest BCUT2D eigenvalue weighted by Crippen LogP contribution is -2.38. The van der Waals surface area contributed by atoms with E-state index in [1.54, 1.807) is 0 Å². The second-order valence-corrected chi connectivity index (χ2v) is 8.50. The molecule has 2 aliphatic heterocycles. The van der Waals surface area contributed by atoms with Gasteiger partial charge in [0.25, 0.3) is 0 Å². The summed E-state index contributed by atoms with van der Waals surface area (Å²) in [6.07, 6.45) is 8.36. The van der Waals surface area contributed by atoms with Crippen molar-refractivity contribution in [3.05, 3.63) is 54.3 Å². The molecule has 0 amide bonds. The Morgan fingerprint density at radius 3 is 2.70 bits per heavy atom. The molecule has 0 spiro atoms. The average Bonchev–Trinajstić information content (AvgIpc) is 2.88. The van der Waals surface area contributed by atoms with E-state index in [1.165, 1.54) is 0 Å². The summed E-state index contributed by atoms with van der Waals surface area (Å²) in [5.41, 5.74) is 2.13. The van der Waals surface area contributed by atoms with Gasteiger partial charge in [0.05, 0.1) is 6.04 Å². The van der Waals surface area contributed by atoms with Crippen LogP contribution in [0.3, 0.4) is 0 Å². The molecule has 0 radical (unpaired) electrons. The van der Waals surface area contributed by atoms with Crippen molar-refractivity contribution in [3.8, 4) is 5.75 Å². The summed E-state index contributed by atoms with van der Waals surface area (Å²) in [5, 5.41) is 11.3. The van der Waals surface area contributed by atoms with Crippen molar-refractivity contribution < 1.29 is 9.53 Å². The van der Waals surface area contributed by atoms with Crippen LogP contribution in [0.2, 0.25) is 0 Å². The molecule has 162 valence electrons. The zero-order chi connectivity index (χ0) is 21.3. The summed E-state index contributed by atoms with van der Waals surface area (Å²) in [6.45, 7) is 8.79. The predicted molar refractivity (Wildman–Crippen MR) is 122 cm³/mol. The molecule has 2 aliphatic rings. The van der Waals surface area contributed by atoms with Crippen LogP contribution in [0.15, 0.2) is 54.3 Å². The number of Topliss-reactive ketones (excluding diaryl/α,β-unsaturated/α-hetero) is 1. The minimum absolute atomic E-state index is 0.194. The van der Waals surface area contributed by atoms with Crippen molar-refractivity contribution in [2.75, 3.05) is 19.7 Å². The Bertz CT molecular complexity index is 764. The first kappa shape index (κ1) is 22.1. The van der Waals surface area contributed by atoms with E-state index in [-0.39, 0.29) is 11.8 Å². The van der Waals surface area contributed by atoms with E-state index in [1.807, 2.05) is 36.4 Å². The molecule has 1 saturated heterocycles. The number of nitrogens with zero attached hydrogens (tertiary/aromatic N) is 1. The largest absolute Gasteiger partial charge is 0.487 e. The first-order valence-corrected chi connectivity index (χ1v) is 11.2. The Balaban J connectivity index is 1.44. The van der Waals surface area contributed by atoms with Gasteiger partial charge in [-0.3, -0.25) is 10.2 Å². The highest BCUT2D eigenvalue weighted by molar-refractivity contribution is 5.99. The van der Waals surface area contributed by atoms with Crippen molar-refractivity contribution in [3.63, 3.8) is 0 Å². The molecule has 3 rings (SSSR count). The molecule has 5 heteroatoms. The van der Waals surface area contributed by atoms with Crippen molar-refractivity contribution in [1.82, 2.24) is 10.2 Å². The van der Waals surface area contributed by atoms with Crippen LogP contribution >= 0.6 is 0 Å². The molecule has 1 atom stereocenters. The molecule has 2 N–H and O–H groups in total. The van der Waals surface area contributed by atoms with Crippen molar-refractivity contribution in [1.29, 1.82) is 5.41 Å². The van der Waals surface area contributed by atoms with Crippen LogP contribution < -0.4 is 10.1 Å². The molecule has 1 unspecified atom stereocenters. The highest BCUT2D eigenvalue weighted by Crippen LogP contribution is 2.28. The van der Waals surface area contributed by atoms with Crippen LogP contribution in [-0.4, -0.2) is 42.3 Å². The number of ether oxygens (including phenoxy) is 1. The fourth-order valence-corrected chi connectivity index (χ4v) is 4.28. The molecule has 1 aromatic carbocycles. The first-order chi connectivity index (χ1) is 14.5. The van der Waals surface area contributed by atoms with Crippen LogP contribution in [0, 0.1) is 11.3 Å². The number of para-hydroxylation sites is 1. The van der Waals surface area contributed by atoms with Crippen molar-refractivity contribution in [2.45, 2.75) is 57.9 Å². The SMILES string of the molecule is C=C(COc1ccccc1)N1CCC(CC2=CC(=N)NC(CCCC)C(=O)C2)CC1. The number of allylic oxidation sites excluding steroid dienone is 1. The van der Waals surface area contributed by atoms with Crippen LogP contribution in [0.25, 0.3) is 0 Å². The molecule has 0 aliphatic carbocycles. The maximum Gasteiger partial charge on any atom is 0.159 e. The molecule has 0 aromatic heterocycles. The smallest absolute Gasteiger partial charge is 0.159 e. The summed E-state index contributed by atoms with van der Waals surface area (Å²) in [5.74, 6) is 2.05. The van der Waals surface area contributed by atoms with Crippen LogP contribution in [0.5, 0.6) is 5.75 Å². The number of carbonyl (C=O) groups excluding carboxylic acids is 1. The van der Waals surface area contributed by atoms with Gasteiger partial charge >= 0.3 is 0 Å². The highest BCUT2D eigenvalue weighted by Gasteiger charge is 2.26. The molecular formula is C25H35N3O2. The summed E-state index contributed by atoms with van der Waals surface area (Å²) >= 11 is 0. The first-order valence-electron chi connectivity index (χ1n) is 11.2. The number of nitrogens with one attached hydrogen (secondary N) is 2. The number of likely N-dealkylation sites (tertiary alicyclic amines) is 1. The van der Waals surface area contributed by atoms with E-state index in [9.17, 15) is 4.79 Å². The van der Waals surface area contributed by atoms with Gasteiger partial charge in [-0.2, -0.15) is 0 Å². The van der Waals surface area contributed by atoms with Gasteiger partial charge in [0, 0.05) is 25.2 Å². The molecule has 30 heavy (non-hydrogen) atoms. The molecule has 1 aromatic rings. The van der Waals surface area contributed by atoms with Gasteiger partial charge in [0.1, 0.15) is 18.2 Å². The highest BCUT2D eigenvalue weighted by atomic mass is 16.5. The Kier molecular flexibility index (Phi) is 8.12. The number of carbonyl (C=O) groups is 1. The molecule has 0 saturated carbocycles. The van der Waals surface area contributed by atoms with Crippen LogP contribution in [0.1, 0.15) is 51.9 Å². The molecule has 5 nitrogen and oxygen atoms in total. The van der Waals surface area contributed by atoms with E-state index in [2.05, 4.69) is 23.7 Å². The zero-order valence-corrected chi connectivity index (χ0v) is 18.2. The maximum absolute atomic E-state index is 12.6. The second kappa shape index (κ2) is 11.0. The fraction of sp³-hybridized carbons (Fsp3) is 0.520. The average molecular weight is 410 g/mol. The Hall–Kier alpha value is -2.56. The Labute approximate surface area is 180 Å². The maximum atomic E-state index is 12.6. The molecule has 2 heterocycles. The summed E-state index contributed by atoms with van der Waals surface area (Å²) in [6, 6.07) is 9.64. The predicted octanol–water partition coefficient (Wildman–Crippen LogP) is 4.71. The van der Waals surface area contributed by atoms with E-state index < -0.39 is 0 Å². The number of amidine groups is 1. The number of hydrogen-bond donors (Lipinski definition) is 2. The van der Waals surface area contributed by atoms with Gasteiger partial charge in [-0.1, -0.05) is 50.1 Å². The van der Waals surface area contributed by atoms with E-state index in [0.717, 1.165) is 68.6 Å². The standard InChI is InChI=1S/C25H35N3O2/c1-3-4-10-23-24(29)16-21(17-25(26)27-23)15-20-11-13-28(14-12-20)19(2)18-30-22-8-6-5-7-9-22/h5-9,17,20,23H,2-4,10-16,18H2,1H3,(H2,26,27). The molecular weight excluding hydrogens is 374 g/mol. The quantitative estimate of drug-likeness (QED) is 0.620. The summed E-state index contributed by atoms with van der Waals surface area (Å²) in [7, 11) is 0. The zero-order valence-electron chi connectivity index (χ0n) is 18.2.